The van der Waals surface area contributed by atoms with Gasteiger partial charge in [0.1, 0.15) is 12.1 Å². The summed E-state index contributed by atoms with van der Waals surface area (Å²) >= 11 is 3.15. The molecule has 2 rings (SSSR count). The van der Waals surface area contributed by atoms with Gasteiger partial charge in [-0.15, -0.1) is 0 Å². The van der Waals surface area contributed by atoms with Crippen LogP contribution in [0.15, 0.2) is 29.0 Å². The quantitative estimate of drug-likeness (QED) is 0.822. The molecule has 0 radical (unpaired) electrons. The van der Waals surface area contributed by atoms with Crippen LogP contribution in [0.5, 0.6) is 5.75 Å². The van der Waals surface area contributed by atoms with E-state index in [9.17, 15) is 4.39 Å². The van der Waals surface area contributed by atoms with Gasteiger partial charge in [-0.3, -0.25) is 0 Å². The van der Waals surface area contributed by atoms with Crippen molar-refractivity contribution in [2.75, 3.05) is 24.3 Å². The van der Waals surface area contributed by atoms with Gasteiger partial charge in [0.05, 0.1) is 11.6 Å². The molecule has 0 aliphatic rings. The van der Waals surface area contributed by atoms with Crippen LogP contribution < -0.4 is 15.4 Å². The third-order valence-electron chi connectivity index (χ3n) is 2.73. The summed E-state index contributed by atoms with van der Waals surface area (Å²) in [6.45, 7) is 2.85. The number of halogens is 2. The van der Waals surface area contributed by atoms with E-state index in [1.54, 1.807) is 19.2 Å². The minimum absolute atomic E-state index is 0.319. The second-order valence-corrected chi connectivity index (χ2v) is 5.14. The molecule has 112 valence electrons. The number of ether oxygens (including phenoxy) is 1. The van der Waals surface area contributed by atoms with Gasteiger partial charge in [0, 0.05) is 12.2 Å². The van der Waals surface area contributed by atoms with Gasteiger partial charge in [0.15, 0.2) is 11.6 Å². The van der Waals surface area contributed by atoms with Gasteiger partial charge in [0.2, 0.25) is 5.75 Å². The van der Waals surface area contributed by atoms with E-state index in [0.29, 0.717) is 27.5 Å². The summed E-state index contributed by atoms with van der Waals surface area (Å²) < 4.78 is 19.0. The molecule has 2 aromatic rings. The number of rotatable bonds is 6. The Morgan fingerprint density at radius 2 is 2.05 bits per heavy atom. The second-order valence-electron chi connectivity index (χ2n) is 4.28. The summed E-state index contributed by atoms with van der Waals surface area (Å²) in [5.74, 6) is 1.34. The molecule has 0 spiro atoms. The average Bonchev–Trinajstić information content (AvgIpc) is 2.49. The van der Waals surface area contributed by atoms with E-state index < -0.39 is 0 Å². The van der Waals surface area contributed by atoms with Gasteiger partial charge in [-0.2, -0.15) is 0 Å². The van der Waals surface area contributed by atoms with E-state index in [2.05, 4.69) is 43.5 Å². The van der Waals surface area contributed by atoms with Crippen LogP contribution in [-0.2, 0) is 0 Å². The predicted molar refractivity (Wildman–Crippen MR) is 84.7 cm³/mol. The average molecular weight is 355 g/mol. The minimum atomic E-state index is -0.319. The van der Waals surface area contributed by atoms with Gasteiger partial charge >= 0.3 is 0 Å². The van der Waals surface area contributed by atoms with Gasteiger partial charge in [0.25, 0.3) is 0 Å². The second kappa shape index (κ2) is 7.21. The zero-order chi connectivity index (χ0) is 15.2. The Bertz CT molecular complexity index is 624. The smallest absolute Gasteiger partial charge is 0.204 e. The summed E-state index contributed by atoms with van der Waals surface area (Å²) in [4.78, 5) is 8.33. The highest BCUT2D eigenvalue weighted by molar-refractivity contribution is 9.10. The molecule has 0 saturated heterocycles. The summed E-state index contributed by atoms with van der Waals surface area (Å²) in [5, 5.41) is 6.27. The number of methoxy groups -OCH3 is 1. The fraction of sp³-hybridized carbons (Fsp3) is 0.286. The van der Waals surface area contributed by atoms with Crippen LogP contribution >= 0.6 is 15.9 Å². The highest BCUT2D eigenvalue weighted by atomic mass is 79.9. The van der Waals surface area contributed by atoms with Crippen LogP contribution in [0.3, 0.4) is 0 Å². The highest BCUT2D eigenvalue weighted by Gasteiger charge is 2.12. The molecule has 0 bridgehead atoms. The van der Waals surface area contributed by atoms with E-state index in [-0.39, 0.29) is 5.82 Å². The topological polar surface area (TPSA) is 59.1 Å². The zero-order valence-electron chi connectivity index (χ0n) is 11.8. The van der Waals surface area contributed by atoms with Crippen LogP contribution in [0.25, 0.3) is 0 Å². The fourth-order valence-corrected chi connectivity index (χ4v) is 2.11. The third kappa shape index (κ3) is 3.81. The standard InChI is InChI=1S/C14H16BrFN4O/c1-3-6-17-13-12(21-2)14(19-8-18-13)20-9-4-5-11(16)10(15)7-9/h4-5,7-8H,3,6H2,1-2H3,(H2,17,18,19,20). The first-order valence-corrected chi connectivity index (χ1v) is 7.30. The largest absolute Gasteiger partial charge is 0.490 e. The first-order chi connectivity index (χ1) is 10.2. The maximum absolute atomic E-state index is 13.3. The van der Waals surface area contributed by atoms with Crippen molar-refractivity contribution in [3.63, 3.8) is 0 Å². The lowest BCUT2D eigenvalue weighted by Gasteiger charge is -2.14. The third-order valence-corrected chi connectivity index (χ3v) is 3.34. The van der Waals surface area contributed by atoms with Crippen molar-refractivity contribution in [3.05, 3.63) is 34.8 Å². The molecule has 7 heteroatoms. The Balaban J connectivity index is 2.28. The van der Waals surface area contributed by atoms with Gasteiger partial charge in [-0.25, -0.2) is 14.4 Å². The van der Waals surface area contributed by atoms with Crippen molar-refractivity contribution in [1.82, 2.24) is 9.97 Å². The number of benzene rings is 1. The molecule has 2 N–H and O–H groups in total. The highest BCUT2D eigenvalue weighted by Crippen LogP contribution is 2.32. The number of aromatic nitrogens is 2. The lowest BCUT2D eigenvalue weighted by molar-refractivity contribution is 0.415. The van der Waals surface area contributed by atoms with E-state index in [1.165, 1.54) is 12.4 Å². The van der Waals surface area contributed by atoms with E-state index in [1.807, 2.05) is 0 Å². The molecule has 1 heterocycles. The number of nitrogens with one attached hydrogen (secondary N) is 2. The number of anilines is 3. The molecule has 1 aromatic heterocycles. The predicted octanol–water partition coefficient (Wildman–Crippen LogP) is 3.95. The van der Waals surface area contributed by atoms with Crippen LogP contribution in [0.2, 0.25) is 0 Å². The van der Waals surface area contributed by atoms with Crippen LogP contribution in [0.1, 0.15) is 13.3 Å². The Labute approximate surface area is 131 Å². The number of nitrogens with zero attached hydrogens (tertiary/aromatic N) is 2. The van der Waals surface area contributed by atoms with Gasteiger partial charge in [-0.1, -0.05) is 6.92 Å². The summed E-state index contributed by atoms with van der Waals surface area (Å²) in [5.41, 5.74) is 0.696. The molecule has 0 aliphatic carbocycles. The van der Waals surface area contributed by atoms with E-state index in [0.717, 1.165) is 13.0 Å². The molecule has 1 aromatic carbocycles. The summed E-state index contributed by atoms with van der Waals surface area (Å²) in [6, 6.07) is 4.63. The van der Waals surface area contributed by atoms with Crippen LogP contribution in [-0.4, -0.2) is 23.6 Å². The molecular weight excluding hydrogens is 339 g/mol. The molecule has 0 amide bonds. The molecule has 0 fully saturated rings. The Morgan fingerprint density at radius 1 is 1.29 bits per heavy atom. The first kappa shape index (κ1) is 15.5. The SMILES string of the molecule is CCCNc1ncnc(Nc2ccc(F)c(Br)c2)c1OC. The zero-order valence-corrected chi connectivity index (χ0v) is 13.4. The van der Waals surface area contributed by atoms with E-state index in [4.69, 9.17) is 4.74 Å². The normalized spacial score (nSPS) is 10.3. The number of hydrogen-bond donors (Lipinski definition) is 2. The van der Waals surface area contributed by atoms with Crippen molar-refractivity contribution in [3.8, 4) is 5.75 Å². The van der Waals surface area contributed by atoms with E-state index >= 15 is 0 Å². The lowest BCUT2D eigenvalue weighted by atomic mass is 10.3. The van der Waals surface area contributed by atoms with Crippen LogP contribution in [0.4, 0.5) is 21.7 Å². The molecule has 5 nitrogen and oxygen atoms in total. The molecule has 0 unspecified atom stereocenters. The Kier molecular flexibility index (Phi) is 5.32. The monoisotopic (exact) mass is 354 g/mol. The Hall–Kier alpha value is -1.89. The van der Waals surface area contributed by atoms with Gasteiger partial charge < -0.3 is 15.4 Å². The van der Waals surface area contributed by atoms with Crippen molar-refractivity contribution >= 4 is 33.3 Å². The summed E-state index contributed by atoms with van der Waals surface area (Å²) in [7, 11) is 1.56. The molecule has 0 saturated carbocycles. The van der Waals surface area contributed by atoms with Gasteiger partial charge in [-0.05, 0) is 40.5 Å². The molecule has 21 heavy (non-hydrogen) atoms. The lowest BCUT2D eigenvalue weighted by Crippen LogP contribution is -2.07. The van der Waals surface area contributed by atoms with Crippen molar-refractivity contribution in [2.24, 2.45) is 0 Å². The summed E-state index contributed by atoms with van der Waals surface area (Å²) in [6.07, 6.45) is 2.42. The fourth-order valence-electron chi connectivity index (χ4n) is 1.74. The van der Waals surface area contributed by atoms with Crippen molar-refractivity contribution in [1.29, 1.82) is 0 Å². The minimum Gasteiger partial charge on any atom is -0.490 e. The van der Waals surface area contributed by atoms with Crippen LogP contribution in [0, 0.1) is 5.82 Å². The van der Waals surface area contributed by atoms with Crippen molar-refractivity contribution < 1.29 is 9.13 Å². The molecule has 0 atom stereocenters. The van der Waals surface area contributed by atoms with Crippen molar-refractivity contribution in [2.45, 2.75) is 13.3 Å². The molecular formula is C14H16BrFN4O. The maximum atomic E-state index is 13.3. The molecule has 0 aliphatic heterocycles. The maximum Gasteiger partial charge on any atom is 0.204 e. The first-order valence-electron chi connectivity index (χ1n) is 6.50. The number of hydrogen-bond acceptors (Lipinski definition) is 5. The Morgan fingerprint density at radius 3 is 2.71 bits per heavy atom.